The molecule has 0 radical (unpaired) electrons. The van der Waals surface area contributed by atoms with Crippen LogP contribution in [0.2, 0.25) is 0 Å². The second-order valence-corrected chi connectivity index (χ2v) is 8.12. The first-order valence-corrected chi connectivity index (χ1v) is 8.93. The third-order valence-corrected chi connectivity index (χ3v) is 4.25. The zero-order valence-corrected chi connectivity index (χ0v) is 17.8. The monoisotopic (exact) mass is 477 g/mol. The van der Waals surface area contributed by atoms with E-state index in [1.165, 1.54) is 0 Å². The average Bonchev–Trinajstić information content (AvgIpc) is 2.57. The summed E-state index contributed by atoms with van der Waals surface area (Å²) in [5.74, 6) is -5.26. The Morgan fingerprint density at radius 3 is 1.93 bits per heavy atom. The number of hydrogen-bond acceptors (Lipinski definition) is 11. The number of ether oxygens (including phenoxy) is 5. The highest BCUT2D eigenvalue weighted by molar-refractivity contribution is 6.76. The normalized spacial score (nSPS) is 29.4. The number of methoxy groups -OCH3 is 1. The molecule has 0 aromatic heterocycles. The maximum Gasteiger partial charge on any atom is 0.339 e. The quantitative estimate of drug-likeness (QED) is 0.186. The number of carbonyl (C=O) groups is 4. The SMILES string of the molecule is COC(=O)[C@H]1O[C@H](OC(=N)C(Cl)(Cl)Cl)[C@@](O)(C(C)=O)[C@@H](OC(C)=O)[C@@H]1OC(C)=O. The molecule has 0 unspecified atom stereocenters. The van der Waals surface area contributed by atoms with Crippen molar-refractivity contribution < 1.29 is 48.0 Å². The van der Waals surface area contributed by atoms with Crippen molar-refractivity contribution in [2.24, 2.45) is 0 Å². The minimum Gasteiger partial charge on any atom is -0.467 e. The number of aliphatic hydroxyl groups is 1. The van der Waals surface area contributed by atoms with Gasteiger partial charge in [-0.1, -0.05) is 34.8 Å². The van der Waals surface area contributed by atoms with Gasteiger partial charge in [0.15, 0.2) is 24.1 Å². The standard InChI is InChI=1S/C15H18Cl3NO10/c1-5(20)14(24)10(27-7(3)22)8(26-6(2)21)9(11(23)25-4)28-13(14)29-12(19)15(16,17)18/h8-10,13,19,24H,1-4H3/t8-,9+,10+,13-,14-/m1/s1. The van der Waals surface area contributed by atoms with Crippen LogP contribution in [-0.4, -0.2) is 75.8 Å². The molecule has 1 heterocycles. The van der Waals surface area contributed by atoms with E-state index in [1.54, 1.807) is 0 Å². The Kier molecular flexibility index (Phi) is 8.26. The Labute approximate surface area is 179 Å². The minimum absolute atomic E-state index is 0.873. The van der Waals surface area contributed by atoms with Gasteiger partial charge in [-0.2, -0.15) is 0 Å². The Morgan fingerprint density at radius 1 is 1.03 bits per heavy atom. The summed E-state index contributed by atoms with van der Waals surface area (Å²) in [6.07, 6.45) is -7.81. The molecule has 5 atom stereocenters. The van der Waals surface area contributed by atoms with Crippen LogP contribution in [0, 0.1) is 5.41 Å². The number of carbonyl (C=O) groups excluding carboxylic acids is 4. The lowest BCUT2D eigenvalue weighted by atomic mass is 9.83. The van der Waals surface area contributed by atoms with Crippen LogP contribution in [0.3, 0.4) is 0 Å². The molecular weight excluding hydrogens is 461 g/mol. The average molecular weight is 479 g/mol. The zero-order valence-electron chi connectivity index (χ0n) is 15.6. The van der Waals surface area contributed by atoms with Gasteiger partial charge in [-0.05, 0) is 6.92 Å². The molecule has 1 rings (SSSR count). The van der Waals surface area contributed by atoms with Crippen molar-refractivity contribution in [3.63, 3.8) is 0 Å². The van der Waals surface area contributed by atoms with Crippen molar-refractivity contribution in [2.75, 3.05) is 7.11 Å². The number of esters is 3. The number of Topliss-reactive ketones (excluding diaryl/α,β-unsaturated/α-hetero) is 1. The van der Waals surface area contributed by atoms with Gasteiger partial charge in [0.1, 0.15) is 0 Å². The Hall–Kier alpha value is -1.66. The highest BCUT2D eigenvalue weighted by Crippen LogP contribution is 2.38. The zero-order chi connectivity index (χ0) is 22.7. The number of nitrogens with one attached hydrogen (secondary N) is 1. The molecule has 0 aromatic carbocycles. The van der Waals surface area contributed by atoms with Gasteiger partial charge in [0, 0.05) is 13.8 Å². The summed E-state index contributed by atoms with van der Waals surface area (Å²) in [6.45, 7) is 2.78. The molecule has 1 fully saturated rings. The smallest absolute Gasteiger partial charge is 0.339 e. The lowest BCUT2D eigenvalue weighted by Gasteiger charge is -2.47. The van der Waals surface area contributed by atoms with Crippen LogP contribution in [0.4, 0.5) is 0 Å². The Balaban J connectivity index is 3.58. The number of alkyl halides is 3. The van der Waals surface area contributed by atoms with E-state index in [0.29, 0.717) is 0 Å². The van der Waals surface area contributed by atoms with Crippen molar-refractivity contribution in [3.8, 4) is 0 Å². The first kappa shape index (κ1) is 25.4. The van der Waals surface area contributed by atoms with Gasteiger partial charge in [0.05, 0.1) is 7.11 Å². The summed E-state index contributed by atoms with van der Waals surface area (Å²) >= 11 is 16.6. The van der Waals surface area contributed by atoms with Crippen molar-refractivity contribution >= 4 is 64.4 Å². The molecular formula is C15H18Cl3NO10. The molecule has 1 aliphatic heterocycles. The summed E-state index contributed by atoms with van der Waals surface area (Å²) in [5, 5.41) is 18.7. The van der Waals surface area contributed by atoms with Crippen LogP contribution in [-0.2, 0) is 42.9 Å². The third kappa shape index (κ3) is 5.70. The van der Waals surface area contributed by atoms with E-state index < -0.39 is 63.6 Å². The highest BCUT2D eigenvalue weighted by Gasteiger charge is 2.65. The van der Waals surface area contributed by atoms with Crippen LogP contribution >= 0.6 is 34.8 Å². The lowest BCUT2D eigenvalue weighted by Crippen LogP contribution is -2.72. The molecule has 0 amide bonds. The molecule has 29 heavy (non-hydrogen) atoms. The molecule has 0 spiro atoms. The summed E-state index contributed by atoms with van der Waals surface area (Å²) in [5.41, 5.74) is -2.86. The van der Waals surface area contributed by atoms with Crippen molar-refractivity contribution in [1.82, 2.24) is 0 Å². The molecule has 0 aliphatic carbocycles. The molecule has 0 saturated carbocycles. The summed E-state index contributed by atoms with van der Waals surface area (Å²) in [7, 11) is 0.975. The summed E-state index contributed by atoms with van der Waals surface area (Å²) in [4.78, 5) is 47.6. The largest absolute Gasteiger partial charge is 0.467 e. The highest BCUT2D eigenvalue weighted by atomic mass is 35.6. The third-order valence-electron chi connectivity index (χ3n) is 3.73. The van der Waals surface area contributed by atoms with Gasteiger partial charge in [-0.3, -0.25) is 19.8 Å². The van der Waals surface area contributed by atoms with Gasteiger partial charge in [-0.25, -0.2) is 4.79 Å². The van der Waals surface area contributed by atoms with Crippen LogP contribution in [0.1, 0.15) is 20.8 Å². The molecule has 0 bridgehead atoms. The maximum absolute atomic E-state index is 12.3. The number of halogens is 3. The van der Waals surface area contributed by atoms with Crippen molar-refractivity contribution in [1.29, 1.82) is 5.41 Å². The van der Waals surface area contributed by atoms with Gasteiger partial charge >= 0.3 is 17.9 Å². The first-order valence-electron chi connectivity index (χ1n) is 7.79. The van der Waals surface area contributed by atoms with E-state index in [0.717, 1.165) is 27.9 Å². The molecule has 14 heteroatoms. The predicted molar refractivity (Wildman–Crippen MR) is 96.5 cm³/mol. The lowest BCUT2D eigenvalue weighted by molar-refractivity contribution is -0.309. The van der Waals surface area contributed by atoms with E-state index in [1.807, 2.05) is 0 Å². The predicted octanol–water partition coefficient (Wildman–Crippen LogP) is 0.432. The molecule has 164 valence electrons. The van der Waals surface area contributed by atoms with Gasteiger partial charge in [0.2, 0.25) is 17.8 Å². The van der Waals surface area contributed by atoms with E-state index in [-0.39, 0.29) is 0 Å². The molecule has 2 N–H and O–H groups in total. The van der Waals surface area contributed by atoms with Crippen molar-refractivity contribution in [2.45, 2.75) is 54.8 Å². The van der Waals surface area contributed by atoms with E-state index in [2.05, 4.69) is 4.74 Å². The van der Waals surface area contributed by atoms with Crippen molar-refractivity contribution in [3.05, 3.63) is 0 Å². The molecule has 1 aliphatic rings. The minimum atomic E-state index is -2.86. The topological polar surface area (TPSA) is 159 Å². The van der Waals surface area contributed by atoms with E-state index >= 15 is 0 Å². The number of ketones is 1. The molecule has 11 nitrogen and oxygen atoms in total. The Bertz CT molecular complexity index is 709. The number of rotatable bonds is 5. The second kappa shape index (κ2) is 9.43. The first-order chi connectivity index (χ1) is 13.2. The van der Waals surface area contributed by atoms with Crippen LogP contribution in [0.5, 0.6) is 0 Å². The summed E-state index contributed by atoms with van der Waals surface area (Å²) in [6, 6.07) is 0. The fourth-order valence-electron chi connectivity index (χ4n) is 2.47. The van der Waals surface area contributed by atoms with Gasteiger partial charge in [0.25, 0.3) is 3.79 Å². The van der Waals surface area contributed by atoms with Crippen LogP contribution in [0.25, 0.3) is 0 Å². The fourth-order valence-corrected chi connectivity index (χ4v) is 2.61. The number of hydrogen-bond donors (Lipinski definition) is 2. The van der Waals surface area contributed by atoms with Gasteiger partial charge < -0.3 is 28.8 Å². The second-order valence-electron chi connectivity index (χ2n) is 5.84. The van der Waals surface area contributed by atoms with E-state index in [9.17, 15) is 24.3 Å². The van der Waals surface area contributed by atoms with Crippen LogP contribution in [0.15, 0.2) is 0 Å². The molecule has 0 aromatic rings. The summed E-state index contributed by atoms with van der Waals surface area (Å²) < 4.78 is 22.3. The van der Waals surface area contributed by atoms with Crippen LogP contribution < -0.4 is 0 Å². The fraction of sp³-hybridized carbons (Fsp3) is 0.667. The Morgan fingerprint density at radius 2 is 1.55 bits per heavy atom. The van der Waals surface area contributed by atoms with Gasteiger partial charge in [-0.15, -0.1) is 0 Å². The maximum atomic E-state index is 12.3. The molecule has 1 saturated heterocycles. The van der Waals surface area contributed by atoms with E-state index in [4.69, 9.17) is 59.2 Å².